The van der Waals surface area contributed by atoms with Gasteiger partial charge in [-0.15, -0.1) is 0 Å². The number of furan rings is 1. The van der Waals surface area contributed by atoms with Crippen molar-refractivity contribution in [3.8, 4) is 0 Å². The third kappa shape index (κ3) is 3.48. The Bertz CT molecular complexity index is 704. The summed E-state index contributed by atoms with van der Waals surface area (Å²) in [6.45, 7) is 0.580. The molecule has 2 aromatic rings. The van der Waals surface area contributed by atoms with Crippen molar-refractivity contribution < 1.29 is 18.8 Å². The molecule has 118 valence electrons. The Labute approximate surface area is 133 Å². The molecule has 3 rings (SSSR count). The van der Waals surface area contributed by atoms with Crippen LogP contribution in [-0.2, 0) is 22.7 Å². The molecule has 1 aromatic heterocycles. The lowest BCUT2D eigenvalue weighted by Crippen LogP contribution is -2.28. The van der Waals surface area contributed by atoms with E-state index in [2.05, 4.69) is 5.32 Å². The first kappa shape index (κ1) is 15.0. The Kier molecular flexibility index (Phi) is 4.23. The SMILES string of the molecule is O=C(NCc1ccco1)c1ccc(CN2C(=O)CCC2=O)cc1. The predicted octanol–water partition coefficient (Wildman–Crippen LogP) is 1.86. The van der Waals surface area contributed by atoms with Gasteiger partial charge in [-0.1, -0.05) is 12.1 Å². The number of amides is 3. The summed E-state index contributed by atoms with van der Waals surface area (Å²) in [5.41, 5.74) is 1.33. The lowest BCUT2D eigenvalue weighted by molar-refractivity contribution is -0.139. The number of carbonyl (C=O) groups excluding carboxylic acids is 3. The third-order valence-electron chi connectivity index (χ3n) is 3.71. The van der Waals surface area contributed by atoms with Crippen LogP contribution < -0.4 is 5.32 Å². The molecule has 1 aromatic carbocycles. The minimum atomic E-state index is -0.207. The van der Waals surface area contributed by atoms with E-state index < -0.39 is 0 Å². The van der Waals surface area contributed by atoms with Gasteiger partial charge in [-0.2, -0.15) is 0 Å². The molecule has 1 aliphatic rings. The summed E-state index contributed by atoms with van der Waals surface area (Å²) in [6.07, 6.45) is 2.12. The molecule has 1 fully saturated rings. The van der Waals surface area contributed by atoms with Crippen LogP contribution in [0.2, 0.25) is 0 Å². The van der Waals surface area contributed by atoms with Gasteiger partial charge in [-0.25, -0.2) is 0 Å². The number of rotatable bonds is 5. The van der Waals surface area contributed by atoms with Crippen LogP contribution in [0, 0.1) is 0 Å². The second-order valence-corrected chi connectivity index (χ2v) is 5.33. The summed E-state index contributed by atoms with van der Waals surface area (Å²) in [5.74, 6) is 0.188. The van der Waals surface area contributed by atoms with Gasteiger partial charge in [0.1, 0.15) is 5.76 Å². The summed E-state index contributed by atoms with van der Waals surface area (Å²) in [7, 11) is 0. The maximum absolute atomic E-state index is 12.0. The van der Waals surface area contributed by atoms with E-state index in [1.807, 2.05) is 0 Å². The van der Waals surface area contributed by atoms with Crippen molar-refractivity contribution in [2.24, 2.45) is 0 Å². The Morgan fingerprint density at radius 1 is 1.09 bits per heavy atom. The molecule has 1 saturated heterocycles. The summed E-state index contributed by atoms with van der Waals surface area (Å²) in [4.78, 5) is 36.5. The summed E-state index contributed by atoms with van der Waals surface area (Å²) >= 11 is 0. The first-order valence-electron chi connectivity index (χ1n) is 7.36. The molecule has 23 heavy (non-hydrogen) atoms. The molecule has 6 nitrogen and oxygen atoms in total. The minimum Gasteiger partial charge on any atom is -0.467 e. The van der Waals surface area contributed by atoms with E-state index in [0.717, 1.165) is 5.56 Å². The lowest BCUT2D eigenvalue weighted by atomic mass is 10.1. The van der Waals surface area contributed by atoms with Crippen molar-refractivity contribution in [1.29, 1.82) is 0 Å². The number of hydrogen-bond donors (Lipinski definition) is 1. The fourth-order valence-electron chi connectivity index (χ4n) is 2.43. The Balaban J connectivity index is 1.59. The molecule has 0 aliphatic carbocycles. The molecule has 0 atom stereocenters. The molecule has 0 bridgehead atoms. The van der Waals surface area contributed by atoms with Gasteiger partial charge in [0.15, 0.2) is 0 Å². The van der Waals surface area contributed by atoms with Crippen LogP contribution >= 0.6 is 0 Å². The largest absolute Gasteiger partial charge is 0.467 e. The molecule has 6 heteroatoms. The van der Waals surface area contributed by atoms with Gasteiger partial charge in [-0.3, -0.25) is 19.3 Å². The van der Waals surface area contributed by atoms with Crippen molar-refractivity contribution in [3.63, 3.8) is 0 Å². The molecule has 0 radical (unpaired) electrons. The maximum Gasteiger partial charge on any atom is 0.251 e. The van der Waals surface area contributed by atoms with Gasteiger partial charge in [0, 0.05) is 18.4 Å². The fourth-order valence-corrected chi connectivity index (χ4v) is 2.43. The smallest absolute Gasteiger partial charge is 0.251 e. The molecule has 0 saturated carbocycles. The second kappa shape index (κ2) is 6.48. The number of carbonyl (C=O) groups is 3. The Hall–Kier alpha value is -2.89. The standard InChI is InChI=1S/C17H16N2O4/c20-15-7-8-16(21)19(15)11-12-3-5-13(6-4-12)17(22)18-10-14-2-1-9-23-14/h1-6,9H,7-8,10-11H2,(H,18,22). The van der Waals surface area contributed by atoms with Crippen molar-refractivity contribution in [2.45, 2.75) is 25.9 Å². The van der Waals surface area contributed by atoms with Crippen LogP contribution in [0.5, 0.6) is 0 Å². The van der Waals surface area contributed by atoms with Crippen molar-refractivity contribution in [1.82, 2.24) is 10.2 Å². The Morgan fingerprint density at radius 3 is 2.39 bits per heavy atom. The normalized spacial score (nSPS) is 14.3. The average Bonchev–Trinajstić information content (AvgIpc) is 3.18. The topological polar surface area (TPSA) is 79.6 Å². The molecule has 1 aliphatic heterocycles. The molecular formula is C17H16N2O4. The van der Waals surface area contributed by atoms with E-state index >= 15 is 0 Å². The summed E-state index contributed by atoms with van der Waals surface area (Å²) < 4.78 is 5.15. The van der Waals surface area contributed by atoms with Crippen LogP contribution in [0.15, 0.2) is 47.1 Å². The highest BCUT2D eigenvalue weighted by Gasteiger charge is 2.28. The molecule has 1 N–H and O–H groups in total. The van der Waals surface area contributed by atoms with Gasteiger partial charge in [0.05, 0.1) is 19.4 Å². The first-order chi connectivity index (χ1) is 11.1. The van der Waals surface area contributed by atoms with Crippen molar-refractivity contribution >= 4 is 17.7 Å². The van der Waals surface area contributed by atoms with Gasteiger partial charge in [0.2, 0.25) is 11.8 Å². The third-order valence-corrected chi connectivity index (χ3v) is 3.71. The highest BCUT2D eigenvalue weighted by atomic mass is 16.3. The second-order valence-electron chi connectivity index (χ2n) is 5.33. The highest BCUT2D eigenvalue weighted by Crippen LogP contribution is 2.16. The number of hydrogen-bond acceptors (Lipinski definition) is 4. The fraction of sp³-hybridized carbons (Fsp3) is 0.235. The van der Waals surface area contributed by atoms with Gasteiger partial charge in [-0.05, 0) is 29.8 Å². The van der Waals surface area contributed by atoms with Crippen LogP contribution in [0.3, 0.4) is 0 Å². The number of nitrogens with one attached hydrogen (secondary N) is 1. The van der Waals surface area contributed by atoms with E-state index in [9.17, 15) is 14.4 Å². The van der Waals surface area contributed by atoms with Gasteiger partial charge < -0.3 is 9.73 Å². The summed E-state index contributed by atoms with van der Waals surface area (Å²) in [6, 6.07) is 10.4. The molecule has 0 unspecified atom stereocenters. The molecule has 0 spiro atoms. The van der Waals surface area contributed by atoms with Crippen LogP contribution in [-0.4, -0.2) is 22.6 Å². The van der Waals surface area contributed by atoms with Crippen LogP contribution in [0.1, 0.15) is 34.5 Å². The maximum atomic E-state index is 12.0. The average molecular weight is 312 g/mol. The van der Waals surface area contributed by atoms with Gasteiger partial charge in [0.25, 0.3) is 5.91 Å². The van der Waals surface area contributed by atoms with Crippen molar-refractivity contribution in [3.05, 3.63) is 59.5 Å². The summed E-state index contributed by atoms with van der Waals surface area (Å²) in [5, 5.41) is 2.76. The van der Waals surface area contributed by atoms with Crippen LogP contribution in [0.4, 0.5) is 0 Å². The van der Waals surface area contributed by atoms with E-state index in [0.29, 0.717) is 17.9 Å². The molecule has 3 amide bonds. The molecular weight excluding hydrogens is 296 g/mol. The molecule has 2 heterocycles. The monoisotopic (exact) mass is 312 g/mol. The van der Waals surface area contributed by atoms with E-state index in [4.69, 9.17) is 4.42 Å². The highest BCUT2D eigenvalue weighted by molar-refractivity contribution is 6.01. The zero-order chi connectivity index (χ0) is 16.2. The Morgan fingerprint density at radius 2 is 1.78 bits per heavy atom. The van der Waals surface area contributed by atoms with E-state index in [-0.39, 0.29) is 37.1 Å². The number of nitrogens with zero attached hydrogens (tertiary/aromatic N) is 1. The number of imide groups is 1. The number of benzene rings is 1. The zero-order valence-electron chi connectivity index (χ0n) is 12.5. The zero-order valence-corrected chi connectivity index (χ0v) is 12.5. The first-order valence-corrected chi connectivity index (χ1v) is 7.36. The lowest BCUT2D eigenvalue weighted by Gasteiger charge is -2.13. The number of likely N-dealkylation sites (tertiary alicyclic amines) is 1. The minimum absolute atomic E-state index is 0.143. The quantitative estimate of drug-likeness (QED) is 0.855. The van der Waals surface area contributed by atoms with E-state index in [1.165, 1.54) is 4.90 Å². The van der Waals surface area contributed by atoms with E-state index in [1.54, 1.807) is 42.7 Å². The van der Waals surface area contributed by atoms with Crippen molar-refractivity contribution in [2.75, 3.05) is 0 Å². The van der Waals surface area contributed by atoms with Crippen LogP contribution in [0.25, 0.3) is 0 Å². The predicted molar refractivity (Wildman–Crippen MR) is 81.1 cm³/mol. The van der Waals surface area contributed by atoms with Gasteiger partial charge >= 0.3 is 0 Å².